The van der Waals surface area contributed by atoms with Gasteiger partial charge in [-0.2, -0.15) is 0 Å². The number of ketones is 1. The van der Waals surface area contributed by atoms with Crippen molar-refractivity contribution >= 4 is 23.8 Å². The maximum Gasteiger partial charge on any atom is 0.408 e. The quantitative estimate of drug-likeness (QED) is 0.394. The molecular formula is C26H30N2O7. The topological polar surface area (TPSA) is 131 Å². The fraction of sp³-hybridized carbons (Fsp3) is 0.385. The van der Waals surface area contributed by atoms with Crippen molar-refractivity contribution < 1.29 is 33.8 Å². The molecule has 3 N–H and O–H groups in total. The zero-order valence-corrected chi connectivity index (χ0v) is 19.4. The van der Waals surface area contributed by atoms with Crippen LogP contribution in [-0.2, 0) is 30.5 Å². The number of amides is 1. The van der Waals surface area contributed by atoms with Crippen LogP contribution in [0.25, 0.3) is 0 Å². The number of carbonyl (C=O) groups is 4. The number of carboxylic acids is 1. The van der Waals surface area contributed by atoms with Crippen molar-refractivity contribution in [3.63, 3.8) is 0 Å². The Bertz CT molecular complexity index is 991. The molecule has 0 bridgehead atoms. The summed E-state index contributed by atoms with van der Waals surface area (Å²) < 4.78 is 10.3. The average Bonchev–Trinajstić information content (AvgIpc) is 3.40. The number of Topliss-reactive ketones (excluding diaryl/α,β-unsaturated/α-hetero) is 1. The Morgan fingerprint density at radius 1 is 0.971 bits per heavy atom. The number of alkyl carbamates (subject to hydrolysis) is 1. The fourth-order valence-electron chi connectivity index (χ4n) is 4.07. The van der Waals surface area contributed by atoms with Crippen molar-refractivity contribution in [3.05, 3.63) is 71.8 Å². The minimum atomic E-state index is -1.38. The van der Waals surface area contributed by atoms with E-state index in [-0.39, 0.29) is 25.0 Å². The van der Waals surface area contributed by atoms with E-state index < -0.39 is 42.9 Å². The summed E-state index contributed by atoms with van der Waals surface area (Å²) in [5.41, 5.74) is 1.74. The first-order valence-electron chi connectivity index (χ1n) is 11.6. The summed E-state index contributed by atoms with van der Waals surface area (Å²) in [4.78, 5) is 48.5. The molecule has 186 valence electrons. The molecular weight excluding hydrogens is 452 g/mol. The molecule has 9 heteroatoms. The van der Waals surface area contributed by atoms with E-state index in [1.54, 1.807) is 24.3 Å². The van der Waals surface area contributed by atoms with Gasteiger partial charge in [0.15, 0.2) is 12.4 Å². The summed E-state index contributed by atoms with van der Waals surface area (Å²) in [7, 11) is 0. The van der Waals surface area contributed by atoms with E-state index in [4.69, 9.17) is 14.6 Å². The lowest BCUT2D eigenvalue weighted by molar-refractivity contribution is -0.149. The minimum absolute atomic E-state index is 0.0360. The van der Waals surface area contributed by atoms with Crippen LogP contribution < -0.4 is 10.6 Å². The highest BCUT2D eigenvalue weighted by Crippen LogP contribution is 2.28. The van der Waals surface area contributed by atoms with Crippen molar-refractivity contribution in [2.45, 2.75) is 50.3 Å². The zero-order valence-electron chi connectivity index (χ0n) is 19.4. The number of esters is 1. The SMILES string of the molecule is O=C(O)CC(NC(=O)OCc1ccccc1)C(=O)COC(=O)CC(c1ccccc1)C1CCCN1. The Labute approximate surface area is 203 Å². The molecule has 1 heterocycles. The molecule has 0 aliphatic carbocycles. The van der Waals surface area contributed by atoms with Crippen LogP contribution >= 0.6 is 0 Å². The molecule has 0 aromatic heterocycles. The maximum absolute atomic E-state index is 12.6. The maximum atomic E-state index is 12.6. The van der Waals surface area contributed by atoms with Crippen LogP contribution in [0, 0.1) is 0 Å². The molecule has 2 aromatic rings. The monoisotopic (exact) mass is 482 g/mol. The van der Waals surface area contributed by atoms with E-state index >= 15 is 0 Å². The van der Waals surface area contributed by atoms with Gasteiger partial charge in [0, 0.05) is 12.0 Å². The van der Waals surface area contributed by atoms with E-state index in [0.717, 1.165) is 30.5 Å². The van der Waals surface area contributed by atoms with E-state index in [1.807, 2.05) is 36.4 Å². The third kappa shape index (κ3) is 8.53. The average molecular weight is 483 g/mol. The minimum Gasteiger partial charge on any atom is -0.481 e. The molecule has 9 nitrogen and oxygen atoms in total. The second-order valence-corrected chi connectivity index (χ2v) is 8.41. The lowest BCUT2D eigenvalue weighted by Gasteiger charge is -2.23. The molecule has 2 aromatic carbocycles. The predicted molar refractivity (Wildman–Crippen MR) is 127 cm³/mol. The highest BCUT2D eigenvalue weighted by molar-refractivity contribution is 5.92. The Kier molecular flexibility index (Phi) is 9.80. The first-order valence-corrected chi connectivity index (χ1v) is 11.6. The van der Waals surface area contributed by atoms with Crippen LogP contribution in [-0.4, -0.2) is 54.2 Å². The number of hydrogen-bond donors (Lipinski definition) is 3. The summed E-state index contributed by atoms with van der Waals surface area (Å²) in [6.07, 6.45) is 0.433. The fourth-order valence-corrected chi connectivity index (χ4v) is 4.07. The van der Waals surface area contributed by atoms with Crippen LogP contribution in [0.1, 0.15) is 42.7 Å². The zero-order chi connectivity index (χ0) is 25.0. The molecule has 35 heavy (non-hydrogen) atoms. The summed E-state index contributed by atoms with van der Waals surface area (Å²) in [5.74, 6) is -2.69. The van der Waals surface area contributed by atoms with Gasteiger partial charge in [0.05, 0.1) is 12.8 Å². The molecule has 0 saturated carbocycles. The molecule has 3 rings (SSSR count). The number of rotatable bonds is 12. The molecule has 1 saturated heterocycles. The van der Waals surface area contributed by atoms with Gasteiger partial charge in [0.25, 0.3) is 0 Å². The normalized spacial score (nSPS) is 16.6. The van der Waals surface area contributed by atoms with Crippen LogP contribution in [0.3, 0.4) is 0 Å². The summed E-state index contributed by atoms with van der Waals surface area (Å²) in [5, 5.41) is 14.8. The molecule has 3 atom stereocenters. The van der Waals surface area contributed by atoms with E-state index in [1.165, 1.54) is 0 Å². The van der Waals surface area contributed by atoms with Crippen molar-refractivity contribution in [2.75, 3.05) is 13.2 Å². The lowest BCUT2D eigenvalue weighted by Crippen LogP contribution is -2.44. The number of carboxylic acid groups (broad SMARTS) is 1. The highest BCUT2D eigenvalue weighted by atomic mass is 16.5. The smallest absolute Gasteiger partial charge is 0.408 e. The van der Waals surface area contributed by atoms with Gasteiger partial charge >= 0.3 is 18.0 Å². The van der Waals surface area contributed by atoms with Crippen molar-refractivity contribution in [2.24, 2.45) is 0 Å². The predicted octanol–water partition coefficient (Wildman–Crippen LogP) is 2.79. The third-order valence-electron chi connectivity index (χ3n) is 5.85. The van der Waals surface area contributed by atoms with Crippen molar-refractivity contribution in [3.8, 4) is 0 Å². The van der Waals surface area contributed by atoms with Gasteiger partial charge < -0.3 is 25.2 Å². The Morgan fingerprint density at radius 2 is 1.66 bits per heavy atom. The van der Waals surface area contributed by atoms with Gasteiger partial charge in [-0.1, -0.05) is 60.7 Å². The highest BCUT2D eigenvalue weighted by Gasteiger charge is 2.30. The number of hydrogen-bond acceptors (Lipinski definition) is 7. The second kappa shape index (κ2) is 13.2. The molecule has 3 unspecified atom stereocenters. The number of carbonyl (C=O) groups excluding carboxylic acids is 3. The Hall–Kier alpha value is -3.72. The van der Waals surface area contributed by atoms with E-state index in [0.29, 0.717) is 0 Å². The molecule has 1 aliphatic rings. The van der Waals surface area contributed by atoms with Gasteiger partial charge in [-0.3, -0.25) is 14.4 Å². The first kappa shape index (κ1) is 25.9. The molecule has 1 fully saturated rings. The number of ether oxygens (including phenoxy) is 2. The summed E-state index contributed by atoms with van der Waals surface area (Å²) in [6, 6.07) is 17.3. The molecule has 1 amide bonds. The van der Waals surface area contributed by atoms with Gasteiger partial charge in [-0.25, -0.2) is 4.79 Å². The molecule has 0 spiro atoms. The van der Waals surface area contributed by atoms with E-state index in [9.17, 15) is 19.2 Å². The molecule has 1 aliphatic heterocycles. The van der Waals surface area contributed by atoms with E-state index in [2.05, 4.69) is 10.6 Å². The first-order chi connectivity index (χ1) is 16.9. The largest absolute Gasteiger partial charge is 0.481 e. The van der Waals surface area contributed by atoms with Crippen LogP contribution in [0.5, 0.6) is 0 Å². The third-order valence-corrected chi connectivity index (χ3v) is 5.85. The van der Waals surface area contributed by atoms with Crippen LogP contribution in [0.15, 0.2) is 60.7 Å². The lowest BCUT2D eigenvalue weighted by atomic mass is 9.88. The van der Waals surface area contributed by atoms with Gasteiger partial charge in [0.2, 0.25) is 0 Å². The van der Waals surface area contributed by atoms with Crippen LogP contribution in [0.4, 0.5) is 4.79 Å². The van der Waals surface area contributed by atoms with Gasteiger partial charge in [0.1, 0.15) is 12.6 Å². The number of nitrogens with one attached hydrogen (secondary N) is 2. The van der Waals surface area contributed by atoms with Gasteiger partial charge in [-0.15, -0.1) is 0 Å². The van der Waals surface area contributed by atoms with Gasteiger partial charge in [-0.05, 0) is 30.5 Å². The Balaban J connectivity index is 1.53. The van der Waals surface area contributed by atoms with Crippen molar-refractivity contribution in [1.82, 2.24) is 10.6 Å². The Morgan fingerprint density at radius 3 is 2.29 bits per heavy atom. The summed E-state index contributed by atoms with van der Waals surface area (Å²) >= 11 is 0. The molecule has 0 radical (unpaired) electrons. The van der Waals surface area contributed by atoms with Crippen molar-refractivity contribution in [1.29, 1.82) is 0 Å². The number of benzene rings is 2. The second-order valence-electron chi connectivity index (χ2n) is 8.41. The van der Waals surface area contributed by atoms with Crippen LogP contribution in [0.2, 0.25) is 0 Å². The summed E-state index contributed by atoms with van der Waals surface area (Å²) in [6.45, 7) is 0.200. The standard InChI is InChI=1S/C26H30N2O7/c29-23(22(15-24(30)31)28-26(33)35-16-18-8-3-1-4-9-18)17-34-25(32)14-20(21-12-7-13-27-21)19-10-5-2-6-11-19/h1-6,8-11,20-22,27H,7,12-17H2,(H,28,33)(H,30,31). The number of aliphatic carboxylic acids is 1.